The highest BCUT2D eigenvalue weighted by Gasteiger charge is 2.13. The van der Waals surface area contributed by atoms with Gasteiger partial charge in [0.1, 0.15) is 11.1 Å². The summed E-state index contributed by atoms with van der Waals surface area (Å²) >= 11 is 0. The summed E-state index contributed by atoms with van der Waals surface area (Å²) in [7, 11) is 1.20. The van der Waals surface area contributed by atoms with Crippen molar-refractivity contribution in [3.05, 3.63) is 40.4 Å². The number of carbonyl (C=O) groups excluding carboxylic acids is 1. The van der Waals surface area contributed by atoms with Crippen LogP contribution in [0.25, 0.3) is 11.1 Å². The third-order valence-corrected chi connectivity index (χ3v) is 1.91. The molecule has 0 fully saturated rings. The van der Waals surface area contributed by atoms with Crippen molar-refractivity contribution < 1.29 is 13.9 Å². The van der Waals surface area contributed by atoms with E-state index in [0.717, 1.165) is 0 Å². The molecule has 2 aromatic heterocycles. The molecule has 2 rings (SSSR count). The summed E-state index contributed by atoms with van der Waals surface area (Å²) in [5, 5.41) is 0. The Hall–Kier alpha value is -2.17. The maximum atomic E-state index is 11.3. The number of carbonyl (C=O) groups is 1. The number of esters is 1. The number of hydrogen-bond donors (Lipinski definition) is 0. The lowest BCUT2D eigenvalue weighted by Crippen LogP contribution is -2.15. The minimum Gasteiger partial charge on any atom is -0.465 e. The smallest absolute Gasteiger partial charge is 0.351 e. The van der Waals surface area contributed by atoms with E-state index < -0.39 is 11.6 Å². The zero-order chi connectivity index (χ0) is 10.8. The molecule has 0 unspecified atom stereocenters. The van der Waals surface area contributed by atoms with Crippen LogP contribution in [0.4, 0.5) is 0 Å². The SMILES string of the molecule is COC(=O)c1cc2ncccc2oc1=O. The van der Waals surface area contributed by atoms with Crippen LogP contribution >= 0.6 is 0 Å². The maximum absolute atomic E-state index is 11.3. The Bertz CT molecular complexity index is 573. The zero-order valence-corrected chi connectivity index (χ0v) is 7.89. The zero-order valence-electron chi connectivity index (χ0n) is 7.89. The highest BCUT2D eigenvalue weighted by atomic mass is 16.5. The lowest BCUT2D eigenvalue weighted by molar-refractivity contribution is 0.0596. The van der Waals surface area contributed by atoms with Crippen molar-refractivity contribution in [2.45, 2.75) is 0 Å². The number of pyridine rings is 1. The second-order valence-corrected chi connectivity index (χ2v) is 2.83. The van der Waals surface area contributed by atoms with Crippen LogP contribution in [0.5, 0.6) is 0 Å². The molecule has 5 heteroatoms. The van der Waals surface area contributed by atoms with Gasteiger partial charge in [-0.3, -0.25) is 4.98 Å². The first kappa shape index (κ1) is 9.39. The molecular weight excluding hydrogens is 198 g/mol. The molecule has 0 aliphatic heterocycles. The van der Waals surface area contributed by atoms with E-state index in [1.165, 1.54) is 13.2 Å². The predicted octanol–water partition coefficient (Wildman–Crippen LogP) is 0.975. The Morgan fingerprint density at radius 1 is 1.53 bits per heavy atom. The monoisotopic (exact) mass is 205 g/mol. The topological polar surface area (TPSA) is 69.4 Å². The molecule has 0 bridgehead atoms. The first-order chi connectivity index (χ1) is 7.22. The highest BCUT2D eigenvalue weighted by molar-refractivity contribution is 5.91. The van der Waals surface area contributed by atoms with Crippen LogP contribution < -0.4 is 5.63 Å². The van der Waals surface area contributed by atoms with Crippen molar-refractivity contribution in [1.29, 1.82) is 0 Å². The van der Waals surface area contributed by atoms with E-state index in [-0.39, 0.29) is 5.56 Å². The van der Waals surface area contributed by atoms with E-state index in [2.05, 4.69) is 9.72 Å². The van der Waals surface area contributed by atoms with E-state index in [1.54, 1.807) is 18.3 Å². The molecule has 15 heavy (non-hydrogen) atoms. The molecule has 0 N–H and O–H groups in total. The van der Waals surface area contributed by atoms with Gasteiger partial charge in [0, 0.05) is 6.20 Å². The van der Waals surface area contributed by atoms with Gasteiger partial charge in [0.15, 0.2) is 5.58 Å². The molecule has 0 atom stereocenters. The van der Waals surface area contributed by atoms with Crippen molar-refractivity contribution in [1.82, 2.24) is 4.98 Å². The van der Waals surface area contributed by atoms with Crippen LogP contribution in [0.15, 0.2) is 33.6 Å². The molecule has 0 saturated heterocycles. The maximum Gasteiger partial charge on any atom is 0.351 e. The Morgan fingerprint density at radius 2 is 2.33 bits per heavy atom. The first-order valence-corrected chi connectivity index (χ1v) is 4.19. The number of nitrogens with zero attached hydrogens (tertiary/aromatic N) is 1. The van der Waals surface area contributed by atoms with Gasteiger partial charge in [-0.2, -0.15) is 0 Å². The molecule has 0 radical (unpaired) electrons. The number of rotatable bonds is 1. The first-order valence-electron chi connectivity index (χ1n) is 4.19. The molecule has 0 aromatic carbocycles. The normalized spacial score (nSPS) is 10.2. The van der Waals surface area contributed by atoms with Crippen LogP contribution in [0.3, 0.4) is 0 Å². The van der Waals surface area contributed by atoms with Crippen LogP contribution in [0, 0.1) is 0 Å². The number of aromatic nitrogens is 1. The molecule has 2 heterocycles. The molecule has 0 saturated carbocycles. The number of ether oxygens (including phenoxy) is 1. The lowest BCUT2D eigenvalue weighted by atomic mass is 10.2. The van der Waals surface area contributed by atoms with E-state index in [1.807, 2.05) is 0 Å². The van der Waals surface area contributed by atoms with E-state index >= 15 is 0 Å². The Balaban J connectivity index is 2.73. The number of hydrogen-bond acceptors (Lipinski definition) is 5. The lowest BCUT2D eigenvalue weighted by Gasteiger charge is -1.98. The van der Waals surface area contributed by atoms with Crippen LogP contribution in [0.1, 0.15) is 10.4 Å². The second-order valence-electron chi connectivity index (χ2n) is 2.83. The van der Waals surface area contributed by atoms with Gasteiger partial charge in [0.2, 0.25) is 0 Å². The molecule has 0 aliphatic carbocycles. The summed E-state index contributed by atoms with van der Waals surface area (Å²) in [4.78, 5) is 26.5. The molecule has 2 aromatic rings. The van der Waals surface area contributed by atoms with E-state index in [4.69, 9.17) is 4.42 Å². The van der Waals surface area contributed by atoms with Crippen molar-refractivity contribution in [2.75, 3.05) is 7.11 Å². The minimum atomic E-state index is -0.726. The predicted molar refractivity (Wildman–Crippen MR) is 51.6 cm³/mol. The third-order valence-electron chi connectivity index (χ3n) is 1.91. The summed E-state index contributed by atoms with van der Waals surface area (Å²) in [5.41, 5.74) is -0.0845. The Morgan fingerprint density at radius 3 is 3.07 bits per heavy atom. The average molecular weight is 205 g/mol. The molecule has 0 aliphatic rings. The second kappa shape index (κ2) is 3.53. The minimum absolute atomic E-state index is 0.149. The molecule has 0 amide bonds. The summed E-state index contributed by atoms with van der Waals surface area (Å²) in [5.74, 6) is -0.726. The fourth-order valence-electron chi connectivity index (χ4n) is 1.20. The van der Waals surface area contributed by atoms with Gasteiger partial charge >= 0.3 is 11.6 Å². The highest BCUT2D eigenvalue weighted by Crippen LogP contribution is 2.09. The Kier molecular flexibility index (Phi) is 2.21. The van der Waals surface area contributed by atoms with Gasteiger partial charge in [-0.25, -0.2) is 9.59 Å². The number of methoxy groups -OCH3 is 1. The molecule has 5 nitrogen and oxygen atoms in total. The summed E-state index contributed by atoms with van der Waals surface area (Å²) in [6.07, 6.45) is 1.55. The van der Waals surface area contributed by atoms with Crippen LogP contribution in [-0.4, -0.2) is 18.1 Å². The fraction of sp³-hybridized carbons (Fsp3) is 0.100. The quantitative estimate of drug-likeness (QED) is 0.649. The van der Waals surface area contributed by atoms with Gasteiger partial charge < -0.3 is 9.15 Å². The van der Waals surface area contributed by atoms with Crippen molar-refractivity contribution in [3.63, 3.8) is 0 Å². The van der Waals surface area contributed by atoms with Crippen molar-refractivity contribution in [2.24, 2.45) is 0 Å². The summed E-state index contributed by atoms with van der Waals surface area (Å²) in [6, 6.07) is 4.60. The van der Waals surface area contributed by atoms with Crippen molar-refractivity contribution >= 4 is 17.1 Å². The average Bonchev–Trinajstić information content (AvgIpc) is 2.27. The van der Waals surface area contributed by atoms with E-state index in [0.29, 0.717) is 11.1 Å². The molecule has 76 valence electrons. The largest absolute Gasteiger partial charge is 0.465 e. The Labute approximate surface area is 84.3 Å². The van der Waals surface area contributed by atoms with Crippen molar-refractivity contribution in [3.8, 4) is 0 Å². The van der Waals surface area contributed by atoms with Gasteiger partial charge in [-0.15, -0.1) is 0 Å². The number of fused-ring (bicyclic) bond motifs is 1. The molecule has 0 spiro atoms. The van der Waals surface area contributed by atoms with Gasteiger partial charge in [-0.05, 0) is 18.2 Å². The standard InChI is InChI=1S/C10H7NO4/c1-14-9(12)6-5-7-8(15-10(6)13)3-2-4-11-7/h2-5H,1H3. The summed E-state index contributed by atoms with van der Waals surface area (Å²) < 4.78 is 9.34. The van der Waals surface area contributed by atoms with Crippen LogP contribution in [0.2, 0.25) is 0 Å². The molecular formula is C10H7NO4. The third kappa shape index (κ3) is 1.59. The van der Waals surface area contributed by atoms with E-state index in [9.17, 15) is 9.59 Å². The summed E-state index contributed by atoms with van der Waals surface area (Å²) in [6.45, 7) is 0. The van der Waals surface area contributed by atoms with Gasteiger partial charge in [0.25, 0.3) is 0 Å². The van der Waals surface area contributed by atoms with Gasteiger partial charge in [0.05, 0.1) is 7.11 Å². The van der Waals surface area contributed by atoms with Gasteiger partial charge in [-0.1, -0.05) is 0 Å². The van der Waals surface area contributed by atoms with Crippen LogP contribution in [-0.2, 0) is 4.74 Å². The fourth-order valence-corrected chi connectivity index (χ4v) is 1.20.